The zero-order valence-electron chi connectivity index (χ0n) is 29.4. The molecule has 244 valence electrons. The molecule has 0 aliphatic rings. The maximum atomic E-state index is 6.45. The van der Waals surface area contributed by atoms with Gasteiger partial charge in [0.2, 0.25) is 0 Å². The third kappa shape index (κ3) is 5.35. The SMILES string of the molecule is [B]c1c([B])c([B])c(-c2nc(-c3ccccc3)nc(-c3ccc4c(c3)oc3ccc(-c5ccc6c(c5)c5ccccc5n6-c5ccccc5)cc34)n2)c([B])c1[B]. The fourth-order valence-corrected chi connectivity index (χ4v) is 7.53. The molecule has 3 aromatic heterocycles. The predicted molar refractivity (Wildman–Crippen MR) is 230 cm³/mol. The highest BCUT2D eigenvalue weighted by atomic mass is 16.3. The van der Waals surface area contributed by atoms with Crippen LogP contribution < -0.4 is 27.3 Å². The molecule has 10 radical (unpaired) electrons. The summed E-state index contributed by atoms with van der Waals surface area (Å²) in [5.41, 5.74) is 9.54. The van der Waals surface area contributed by atoms with Gasteiger partial charge in [-0.1, -0.05) is 95.9 Å². The molecule has 0 bridgehead atoms. The molecule has 5 nitrogen and oxygen atoms in total. The molecule has 0 unspecified atom stereocenters. The molecule has 0 amide bonds. The molecule has 10 rings (SSSR count). The number of furan rings is 1. The van der Waals surface area contributed by atoms with Crippen LogP contribution in [0.2, 0.25) is 0 Å². The smallest absolute Gasteiger partial charge is 0.164 e. The van der Waals surface area contributed by atoms with Gasteiger partial charge >= 0.3 is 0 Å². The third-order valence-electron chi connectivity index (χ3n) is 10.3. The monoisotopic (exact) mass is 690 g/mol. The van der Waals surface area contributed by atoms with E-state index in [1.807, 2.05) is 60.7 Å². The Morgan fingerprint density at radius 1 is 0.382 bits per heavy atom. The van der Waals surface area contributed by atoms with E-state index in [2.05, 4.69) is 83.4 Å². The number of fused-ring (bicyclic) bond motifs is 6. The van der Waals surface area contributed by atoms with Crippen molar-refractivity contribution in [1.29, 1.82) is 0 Å². The molecule has 10 heteroatoms. The van der Waals surface area contributed by atoms with Crippen LogP contribution in [0.4, 0.5) is 0 Å². The highest BCUT2D eigenvalue weighted by molar-refractivity contribution is 6.68. The van der Waals surface area contributed by atoms with Gasteiger partial charge in [-0.15, -0.1) is 16.4 Å². The molecule has 0 spiro atoms. The standard InChI is InChI=1S/C45H23B5N4O/c46-38-37(39(47)41(49)42(50)40(38)48)45-52-43(24-9-3-1-4-10-24)51-44(53-45)27-15-18-30-32-22-26(17-20-35(32)55-36(30)23-27)25-16-19-34-31(21-25)29-13-7-8-14-33(29)54(34)28-11-5-2-6-12-28/h1-23H. The molecular formula is C45H23B5N4O. The van der Waals surface area contributed by atoms with Crippen molar-refractivity contribution in [2.24, 2.45) is 0 Å². The number of hydrogen-bond acceptors (Lipinski definition) is 4. The zero-order valence-corrected chi connectivity index (χ0v) is 29.4. The number of rotatable bonds is 5. The summed E-state index contributed by atoms with van der Waals surface area (Å²) in [5, 5.41) is 4.36. The molecule has 0 atom stereocenters. The summed E-state index contributed by atoms with van der Waals surface area (Å²) in [7, 11) is 31.5. The summed E-state index contributed by atoms with van der Waals surface area (Å²) >= 11 is 0. The van der Waals surface area contributed by atoms with Crippen molar-refractivity contribution >= 4 is 110 Å². The van der Waals surface area contributed by atoms with Crippen LogP contribution >= 0.6 is 0 Å². The normalized spacial score (nSPS) is 11.6. The summed E-state index contributed by atoms with van der Waals surface area (Å²) in [6.45, 7) is 0. The minimum Gasteiger partial charge on any atom is -0.456 e. The third-order valence-corrected chi connectivity index (χ3v) is 10.3. The molecule has 3 heterocycles. The van der Waals surface area contributed by atoms with Gasteiger partial charge in [0, 0.05) is 43.9 Å². The van der Waals surface area contributed by atoms with Gasteiger partial charge in [-0.05, 0) is 65.7 Å². The molecule has 7 aromatic carbocycles. The number of hydrogen-bond donors (Lipinski definition) is 0. The lowest BCUT2D eigenvalue weighted by Crippen LogP contribution is -2.55. The van der Waals surface area contributed by atoms with Crippen molar-refractivity contribution in [1.82, 2.24) is 19.5 Å². The van der Waals surface area contributed by atoms with Gasteiger partial charge in [-0.2, -0.15) is 0 Å². The number of benzene rings is 7. The second-order valence-electron chi connectivity index (χ2n) is 13.6. The molecule has 0 aliphatic carbocycles. The average molecular weight is 690 g/mol. The molecule has 0 N–H and O–H groups in total. The van der Waals surface area contributed by atoms with Gasteiger partial charge < -0.3 is 8.98 Å². The molecule has 10 aromatic rings. The van der Waals surface area contributed by atoms with Crippen LogP contribution in [0.25, 0.3) is 94.7 Å². The lowest BCUT2D eigenvalue weighted by Gasteiger charge is -2.20. The van der Waals surface area contributed by atoms with Crippen molar-refractivity contribution < 1.29 is 4.42 Å². The van der Waals surface area contributed by atoms with Crippen molar-refractivity contribution in [2.75, 3.05) is 0 Å². The van der Waals surface area contributed by atoms with Crippen molar-refractivity contribution in [3.8, 4) is 51.0 Å². The summed E-state index contributed by atoms with van der Waals surface area (Å²) in [4.78, 5) is 14.5. The molecule has 55 heavy (non-hydrogen) atoms. The van der Waals surface area contributed by atoms with Crippen LogP contribution in [0.1, 0.15) is 0 Å². The Balaban J connectivity index is 1.09. The fraction of sp³-hybridized carbons (Fsp3) is 0. The van der Waals surface area contributed by atoms with E-state index < -0.39 is 0 Å². The van der Waals surface area contributed by atoms with E-state index in [4.69, 9.17) is 58.6 Å². The van der Waals surface area contributed by atoms with Crippen LogP contribution in [0.15, 0.2) is 144 Å². The molecule has 0 aliphatic heterocycles. The van der Waals surface area contributed by atoms with Gasteiger partial charge in [0.15, 0.2) is 17.5 Å². The minimum atomic E-state index is 0.117. The molecule has 0 saturated carbocycles. The molecule has 0 saturated heterocycles. The van der Waals surface area contributed by atoms with Gasteiger partial charge in [0.1, 0.15) is 50.4 Å². The van der Waals surface area contributed by atoms with Gasteiger partial charge in [0.05, 0.1) is 11.0 Å². The first-order valence-corrected chi connectivity index (χ1v) is 17.7. The first kappa shape index (κ1) is 33.1. The van der Waals surface area contributed by atoms with Gasteiger partial charge in [-0.25, -0.2) is 15.0 Å². The summed E-state index contributed by atoms with van der Waals surface area (Å²) < 4.78 is 8.76. The maximum absolute atomic E-state index is 6.45. The van der Waals surface area contributed by atoms with Crippen LogP contribution in [0.5, 0.6) is 0 Å². The lowest BCUT2D eigenvalue weighted by molar-refractivity contribution is 0.669. The molecule has 0 fully saturated rings. The summed E-state index contributed by atoms with van der Waals surface area (Å²) in [5.74, 6) is 1.03. The molecular weight excluding hydrogens is 667 g/mol. The largest absolute Gasteiger partial charge is 0.456 e. The van der Waals surface area contributed by atoms with Gasteiger partial charge in [0.25, 0.3) is 0 Å². The Morgan fingerprint density at radius 2 is 0.945 bits per heavy atom. The fourth-order valence-electron chi connectivity index (χ4n) is 7.53. The van der Waals surface area contributed by atoms with Crippen molar-refractivity contribution in [2.45, 2.75) is 0 Å². The van der Waals surface area contributed by atoms with Crippen LogP contribution in [0.3, 0.4) is 0 Å². The van der Waals surface area contributed by atoms with Crippen molar-refractivity contribution in [3.63, 3.8) is 0 Å². The zero-order chi connectivity index (χ0) is 37.4. The number of nitrogens with zero attached hydrogens (tertiary/aromatic N) is 4. The van der Waals surface area contributed by atoms with E-state index in [9.17, 15) is 0 Å². The van der Waals surface area contributed by atoms with E-state index in [0.717, 1.165) is 44.2 Å². The number of aromatic nitrogens is 4. The first-order valence-electron chi connectivity index (χ1n) is 17.7. The first-order chi connectivity index (χ1) is 26.8. The highest BCUT2D eigenvalue weighted by Crippen LogP contribution is 2.38. The Hall–Kier alpha value is -6.53. The maximum Gasteiger partial charge on any atom is 0.164 e. The van der Waals surface area contributed by atoms with Crippen LogP contribution in [-0.2, 0) is 0 Å². The lowest BCUT2D eigenvalue weighted by atomic mass is 9.60. The Kier molecular flexibility index (Phi) is 7.70. The highest BCUT2D eigenvalue weighted by Gasteiger charge is 2.20. The van der Waals surface area contributed by atoms with Crippen LogP contribution in [-0.4, -0.2) is 58.8 Å². The van der Waals surface area contributed by atoms with E-state index in [-0.39, 0.29) is 33.1 Å². The quantitative estimate of drug-likeness (QED) is 0.224. The number of para-hydroxylation sites is 2. The second-order valence-corrected chi connectivity index (χ2v) is 13.6. The predicted octanol–water partition coefficient (Wildman–Crippen LogP) is 5.51. The van der Waals surface area contributed by atoms with E-state index in [1.165, 1.54) is 16.3 Å². The van der Waals surface area contributed by atoms with E-state index in [1.54, 1.807) is 0 Å². The minimum absolute atomic E-state index is 0.117. The topological polar surface area (TPSA) is 56.7 Å². The van der Waals surface area contributed by atoms with Crippen LogP contribution in [0, 0.1) is 0 Å². The van der Waals surface area contributed by atoms with Gasteiger partial charge in [-0.3, -0.25) is 0 Å². The summed E-state index contributed by atoms with van der Waals surface area (Å²) in [6.07, 6.45) is 0. The van der Waals surface area contributed by atoms with Crippen molar-refractivity contribution in [3.05, 3.63) is 140 Å². The Labute approximate surface area is 323 Å². The van der Waals surface area contributed by atoms with E-state index >= 15 is 0 Å². The Bertz CT molecular complexity index is 3130. The average Bonchev–Trinajstić information content (AvgIpc) is 3.77. The summed E-state index contributed by atoms with van der Waals surface area (Å²) in [6, 6.07) is 47.5. The second kappa shape index (κ2) is 12.8. The Morgan fingerprint density at radius 3 is 1.69 bits per heavy atom. The van der Waals surface area contributed by atoms with E-state index in [0.29, 0.717) is 28.4 Å².